The standard InChI is InChI=1S/C13H21N3O2/c1-9(2)5-4-8-18-13-11(12(14)16-17)10(3)6-7-15-13/h6-7,9,17H,4-5,8H2,1-3H3,(H2,14,16). The van der Waals surface area contributed by atoms with Gasteiger partial charge in [0.1, 0.15) is 0 Å². The molecular weight excluding hydrogens is 230 g/mol. The van der Waals surface area contributed by atoms with Crippen LogP contribution < -0.4 is 10.5 Å². The molecule has 0 amide bonds. The average Bonchev–Trinajstić information content (AvgIpc) is 2.33. The lowest BCUT2D eigenvalue weighted by Crippen LogP contribution is -2.17. The minimum Gasteiger partial charge on any atom is -0.477 e. The summed E-state index contributed by atoms with van der Waals surface area (Å²) in [6.45, 7) is 6.80. The van der Waals surface area contributed by atoms with E-state index in [1.165, 1.54) is 0 Å². The van der Waals surface area contributed by atoms with Crippen LogP contribution in [0.2, 0.25) is 0 Å². The molecule has 0 unspecified atom stereocenters. The molecule has 5 heteroatoms. The first kappa shape index (κ1) is 14.3. The molecule has 1 heterocycles. The van der Waals surface area contributed by atoms with E-state index in [4.69, 9.17) is 15.7 Å². The lowest BCUT2D eigenvalue weighted by atomic mass is 10.1. The number of ether oxygens (including phenoxy) is 1. The summed E-state index contributed by atoms with van der Waals surface area (Å²) in [5.41, 5.74) is 7.06. The third-order valence-corrected chi connectivity index (χ3v) is 2.65. The van der Waals surface area contributed by atoms with E-state index in [-0.39, 0.29) is 5.84 Å². The van der Waals surface area contributed by atoms with Gasteiger partial charge in [0.05, 0.1) is 12.2 Å². The maximum Gasteiger partial charge on any atom is 0.224 e. The Morgan fingerprint density at radius 1 is 1.56 bits per heavy atom. The van der Waals surface area contributed by atoms with Crippen molar-refractivity contribution in [3.8, 4) is 5.88 Å². The van der Waals surface area contributed by atoms with Gasteiger partial charge in [0.15, 0.2) is 5.84 Å². The van der Waals surface area contributed by atoms with Gasteiger partial charge in [0, 0.05) is 6.20 Å². The second-order valence-corrected chi connectivity index (χ2v) is 4.68. The van der Waals surface area contributed by atoms with Crippen molar-refractivity contribution >= 4 is 5.84 Å². The van der Waals surface area contributed by atoms with Gasteiger partial charge in [-0.15, -0.1) is 0 Å². The van der Waals surface area contributed by atoms with Crippen molar-refractivity contribution in [1.82, 2.24) is 4.98 Å². The Morgan fingerprint density at radius 3 is 2.89 bits per heavy atom. The van der Waals surface area contributed by atoms with Crippen LogP contribution in [0.4, 0.5) is 0 Å². The number of nitrogens with two attached hydrogens (primary N) is 1. The summed E-state index contributed by atoms with van der Waals surface area (Å²) < 4.78 is 5.61. The summed E-state index contributed by atoms with van der Waals surface area (Å²) in [4.78, 5) is 4.13. The average molecular weight is 251 g/mol. The molecule has 100 valence electrons. The van der Waals surface area contributed by atoms with Crippen molar-refractivity contribution in [2.24, 2.45) is 16.8 Å². The fraction of sp³-hybridized carbons (Fsp3) is 0.538. The van der Waals surface area contributed by atoms with Crippen molar-refractivity contribution in [2.45, 2.75) is 33.6 Å². The number of hydrogen-bond donors (Lipinski definition) is 2. The first-order valence-corrected chi connectivity index (χ1v) is 6.12. The Bertz CT molecular complexity index is 417. The van der Waals surface area contributed by atoms with Gasteiger partial charge in [-0.3, -0.25) is 0 Å². The number of nitrogens with zero attached hydrogens (tertiary/aromatic N) is 2. The second-order valence-electron chi connectivity index (χ2n) is 4.68. The highest BCUT2D eigenvalue weighted by atomic mass is 16.5. The maximum absolute atomic E-state index is 8.76. The number of pyridine rings is 1. The van der Waals surface area contributed by atoms with Crippen molar-refractivity contribution < 1.29 is 9.94 Å². The summed E-state index contributed by atoms with van der Waals surface area (Å²) >= 11 is 0. The Balaban J connectivity index is 2.73. The molecule has 3 N–H and O–H groups in total. The second kappa shape index (κ2) is 6.83. The molecule has 1 aromatic rings. The highest BCUT2D eigenvalue weighted by Crippen LogP contribution is 2.19. The van der Waals surface area contributed by atoms with E-state index < -0.39 is 0 Å². The van der Waals surface area contributed by atoms with E-state index in [0.717, 1.165) is 18.4 Å². The molecule has 0 bridgehead atoms. The number of oxime groups is 1. The van der Waals surface area contributed by atoms with E-state index in [9.17, 15) is 0 Å². The molecule has 0 aliphatic heterocycles. The van der Waals surface area contributed by atoms with Gasteiger partial charge in [-0.25, -0.2) is 4.98 Å². The molecule has 0 aromatic carbocycles. The fourth-order valence-corrected chi connectivity index (χ4v) is 1.66. The summed E-state index contributed by atoms with van der Waals surface area (Å²) in [7, 11) is 0. The van der Waals surface area contributed by atoms with E-state index >= 15 is 0 Å². The van der Waals surface area contributed by atoms with Gasteiger partial charge in [-0.05, 0) is 37.3 Å². The molecule has 0 saturated carbocycles. The normalized spacial score (nSPS) is 11.9. The summed E-state index contributed by atoms with van der Waals surface area (Å²) in [5.74, 6) is 1.11. The molecule has 0 fully saturated rings. The fourth-order valence-electron chi connectivity index (χ4n) is 1.66. The Kier molecular flexibility index (Phi) is 5.42. The number of hydrogen-bond acceptors (Lipinski definition) is 4. The monoisotopic (exact) mass is 251 g/mol. The van der Waals surface area contributed by atoms with Crippen LogP contribution >= 0.6 is 0 Å². The van der Waals surface area contributed by atoms with E-state index in [1.54, 1.807) is 12.3 Å². The molecule has 5 nitrogen and oxygen atoms in total. The first-order chi connectivity index (χ1) is 8.56. The molecular formula is C13H21N3O2. The minimum absolute atomic E-state index is 0.0273. The predicted octanol–water partition coefficient (Wildman–Crippen LogP) is 2.30. The van der Waals surface area contributed by atoms with Crippen molar-refractivity contribution in [2.75, 3.05) is 6.61 Å². The van der Waals surface area contributed by atoms with Crippen LogP contribution in [-0.4, -0.2) is 22.6 Å². The minimum atomic E-state index is 0.0273. The number of amidine groups is 1. The quantitative estimate of drug-likeness (QED) is 0.267. The Labute approximate surface area is 108 Å². The summed E-state index contributed by atoms with van der Waals surface area (Å²) in [6.07, 6.45) is 3.72. The lowest BCUT2D eigenvalue weighted by molar-refractivity contribution is 0.285. The predicted molar refractivity (Wildman–Crippen MR) is 71.1 cm³/mol. The third-order valence-electron chi connectivity index (χ3n) is 2.65. The highest BCUT2D eigenvalue weighted by molar-refractivity contribution is 6.00. The molecule has 1 aromatic heterocycles. The van der Waals surface area contributed by atoms with Gasteiger partial charge in [0.25, 0.3) is 0 Å². The maximum atomic E-state index is 8.76. The van der Waals surface area contributed by atoms with Crippen LogP contribution in [0, 0.1) is 12.8 Å². The van der Waals surface area contributed by atoms with Crippen molar-refractivity contribution in [3.05, 3.63) is 23.4 Å². The van der Waals surface area contributed by atoms with Crippen LogP contribution in [0.5, 0.6) is 5.88 Å². The zero-order chi connectivity index (χ0) is 13.5. The zero-order valence-electron chi connectivity index (χ0n) is 11.2. The Hall–Kier alpha value is -1.78. The SMILES string of the molecule is Cc1ccnc(OCCCC(C)C)c1/C(N)=N/O. The lowest BCUT2D eigenvalue weighted by Gasteiger charge is -2.12. The number of rotatable bonds is 6. The highest BCUT2D eigenvalue weighted by Gasteiger charge is 2.12. The summed E-state index contributed by atoms with van der Waals surface area (Å²) in [5, 5.41) is 11.8. The van der Waals surface area contributed by atoms with Crippen molar-refractivity contribution in [1.29, 1.82) is 0 Å². The van der Waals surface area contributed by atoms with Crippen LogP contribution in [0.1, 0.15) is 37.8 Å². The van der Waals surface area contributed by atoms with Crippen LogP contribution in [0.3, 0.4) is 0 Å². The molecule has 0 saturated heterocycles. The molecule has 0 aliphatic rings. The molecule has 0 radical (unpaired) electrons. The first-order valence-electron chi connectivity index (χ1n) is 6.12. The van der Waals surface area contributed by atoms with Crippen molar-refractivity contribution in [3.63, 3.8) is 0 Å². The van der Waals surface area contributed by atoms with Crippen LogP contribution in [-0.2, 0) is 0 Å². The number of aryl methyl sites for hydroxylation is 1. The molecule has 18 heavy (non-hydrogen) atoms. The zero-order valence-corrected chi connectivity index (χ0v) is 11.2. The largest absolute Gasteiger partial charge is 0.477 e. The van der Waals surface area contributed by atoms with E-state index in [2.05, 4.69) is 24.0 Å². The summed E-state index contributed by atoms with van der Waals surface area (Å²) in [6, 6.07) is 1.80. The smallest absolute Gasteiger partial charge is 0.224 e. The van der Waals surface area contributed by atoms with Crippen LogP contribution in [0.25, 0.3) is 0 Å². The van der Waals surface area contributed by atoms with Gasteiger partial charge < -0.3 is 15.7 Å². The topological polar surface area (TPSA) is 80.7 Å². The number of aromatic nitrogens is 1. The van der Waals surface area contributed by atoms with E-state index in [0.29, 0.717) is 24.0 Å². The Morgan fingerprint density at radius 2 is 2.28 bits per heavy atom. The van der Waals surface area contributed by atoms with Crippen LogP contribution in [0.15, 0.2) is 17.4 Å². The van der Waals surface area contributed by atoms with Gasteiger partial charge >= 0.3 is 0 Å². The molecule has 0 spiro atoms. The molecule has 0 aliphatic carbocycles. The van der Waals surface area contributed by atoms with Gasteiger partial charge in [-0.1, -0.05) is 19.0 Å². The molecule has 1 rings (SSSR count). The van der Waals surface area contributed by atoms with Gasteiger partial charge in [-0.2, -0.15) is 0 Å². The van der Waals surface area contributed by atoms with E-state index in [1.807, 2.05) is 6.92 Å². The molecule has 0 atom stereocenters. The third kappa shape index (κ3) is 3.91. The van der Waals surface area contributed by atoms with Gasteiger partial charge in [0.2, 0.25) is 5.88 Å².